The van der Waals surface area contributed by atoms with Crippen LogP contribution in [-0.4, -0.2) is 38.1 Å². The van der Waals surface area contributed by atoms with E-state index in [1.165, 1.54) is 0 Å². The fraction of sp³-hybridized carbons (Fsp3) is 0.333. The molecule has 2 rings (SSSR count). The molecule has 5 nitrogen and oxygen atoms in total. The van der Waals surface area contributed by atoms with E-state index < -0.39 is 0 Å². The number of phenolic OH excluding ortho intramolecular Hbond substituents is 1. The molecule has 0 aromatic heterocycles. The first-order valence-corrected chi connectivity index (χ1v) is 7.31. The summed E-state index contributed by atoms with van der Waals surface area (Å²) < 4.78 is 15.7. The molecule has 0 aliphatic rings. The largest absolute Gasteiger partial charge is 0.508 e. The molecule has 124 valence electrons. The van der Waals surface area contributed by atoms with Crippen molar-refractivity contribution in [3.63, 3.8) is 0 Å². The number of hydrogen-bond donors (Lipinski definition) is 2. The Morgan fingerprint density at radius 3 is 2.13 bits per heavy atom. The van der Waals surface area contributed by atoms with Gasteiger partial charge in [-0.3, -0.25) is 0 Å². The van der Waals surface area contributed by atoms with E-state index in [2.05, 4.69) is 0 Å². The smallest absolute Gasteiger partial charge is 0.126 e. The van der Waals surface area contributed by atoms with Crippen molar-refractivity contribution in [2.45, 2.75) is 12.3 Å². The van der Waals surface area contributed by atoms with Gasteiger partial charge >= 0.3 is 0 Å². The predicted molar refractivity (Wildman–Crippen MR) is 87.7 cm³/mol. The van der Waals surface area contributed by atoms with E-state index in [1.807, 2.05) is 12.1 Å². The third-order valence-electron chi connectivity index (χ3n) is 3.86. The fourth-order valence-electron chi connectivity index (χ4n) is 2.54. The minimum atomic E-state index is -0.199. The summed E-state index contributed by atoms with van der Waals surface area (Å²) in [6, 6.07) is 10.6. The molecule has 2 N–H and O–H groups in total. The van der Waals surface area contributed by atoms with E-state index >= 15 is 0 Å². The van der Waals surface area contributed by atoms with Gasteiger partial charge in [-0.2, -0.15) is 0 Å². The summed E-state index contributed by atoms with van der Waals surface area (Å²) in [6.45, 7) is -0.0614. The maximum atomic E-state index is 10.1. The lowest BCUT2D eigenvalue weighted by molar-refractivity contribution is 0.260. The number of rotatable bonds is 7. The second kappa shape index (κ2) is 7.74. The molecule has 23 heavy (non-hydrogen) atoms. The minimum absolute atomic E-state index is 0.0614. The van der Waals surface area contributed by atoms with Crippen LogP contribution in [0.25, 0.3) is 0 Å². The lowest BCUT2D eigenvalue weighted by atomic mass is 9.91. The zero-order valence-corrected chi connectivity index (χ0v) is 13.6. The molecule has 0 radical (unpaired) electrons. The first-order valence-electron chi connectivity index (χ1n) is 7.31. The summed E-state index contributed by atoms with van der Waals surface area (Å²) in [7, 11) is 4.72. The fourth-order valence-corrected chi connectivity index (χ4v) is 2.54. The van der Waals surface area contributed by atoms with Crippen molar-refractivity contribution in [3.8, 4) is 23.0 Å². The summed E-state index contributed by atoms with van der Waals surface area (Å²) in [5.74, 6) is 1.88. The van der Waals surface area contributed by atoms with Crippen molar-refractivity contribution in [3.05, 3.63) is 47.5 Å². The van der Waals surface area contributed by atoms with Gasteiger partial charge in [-0.05, 0) is 24.1 Å². The van der Waals surface area contributed by atoms with Crippen LogP contribution in [0.4, 0.5) is 0 Å². The average Bonchev–Trinajstić information content (AvgIpc) is 2.60. The maximum Gasteiger partial charge on any atom is 0.126 e. The van der Waals surface area contributed by atoms with Crippen LogP contribution in [0.1, 0.15) is 17.0 Å². The Labute approximate surface area is 136 Å². The van der Waals surface area contributed by atoms with Gasteiger partial charge in [0.2, 0.25) is 0 Å². The minimum Gasteiger partial charge on any atom is -0.508 e. The average molecular weight is 318 g/mol. The van der Waals surface area contributed by atoms with Crippen molar-refractivity contribution in [1.82, 2.24) is 0 Å². The Kier molecular flexibility index (Phi) is 5.71. The van der Waals surface area contributed by atoms with Crippen molar-refractivity contribution in [2.24, 2.45) is 0 Å². The van der Waals surface area contributed by atoms with Gasteiger partial charge in [-0.1, -0.05) is 12.1 Å². The van der Waals surface area contributed by atoms with Crippen molar-refractivity contribution in [2.75, 3.05) is 27.9 Å². The van der Waals surface area contributed by atoms with E-state index in [0.29, 0.717) is 23.7 Å². The van der Waals surface area contributed by atoms with Gasteiger partial charge in [0.05, 0.1) is 27.9 Å². The lowest BCUT2D eigenvalue weighted by Crippen LogP contribution is -2.10. The third kappa shape index (κ3) is 3.87. The molecule has 5 heteroatoms. The van der Waals surface area contributed by atoms with Gasteiger partial charge in [0.25, 0.3) is 0 Å². The first-order chi connectivity index (χ1) is 11.1. The lowest BCUT2D eigenvalue weighted by Gasteiger charge is -2.19. The Morgan fingerprint density at radius 2 is 1.57 bits per heavy atom. The van der Waals surface area contributed by atoms with Gasteiger partial charge < -0.3 is 24.4 Å². The van der Waals surface area contributed by atoms with Crippen LogP contribution in [-0.2, 0) is 6.42 Å². The number of aromatic hydroxyl groups is 1. The molecule has 1 atom stereocenters. The molecule has 1 unspecified atom stereocenters. The van der Waals surface area contributed by atoms with Gasteiger partial charge in [0.15, 0.2) is 0 Å². The maximum absolute atomic E-state index is 10.1. The summed E-state index contributed by atoms with van der Waals surface area (Å²) in [5.41, 5.74) is 1.61. The molecule has 0 heterocycles. The van der Waals surface area contributed by atoms with Crippen LogP contribution in [0, 0.1) is 0 Å². The monoisotopic (exact) mass is 318 g/mol. The van der Waals surface area contributed by atoms with E-state index in [-0.39, 0.29) is 18.3 Å². The molecule has 0 fully saturated rings. The molecule has 2 aromatic carbocycles. The van der Waals surface area contributed by atoms with E-state index in [4.69, 9.17) is 14.2 Å². The van der Waals surface area contributed by atoms with Gasteiger partial charge in [-0.25, -0.2) is 0 Å². The van der Waals surface area contributed by atoms with E-state index in [1.54, 1.807) is 45.6 Å². The highest BCUT2D eigenvalue weighted by atomic mass is 16.5. The molecule has 0 amide bonds. The third-order valence-corrected chi connectivity index (χ3v) is 3.86. The molecular formula is C18H22O5. The van der Waals surface area contributed by atoms with Crippen LogP contribution in [0.5, 0.6) is 23.0 Å². The summed E-state index contributed by atoms with van der Waals surface area (Å²) >= 11 is 0. The highest BCUT2D eigenvalue weighted by Gasteiger charge is 2.18. The van der Waals surface area contributed by atoms with Crippen LogP contribution >= 0.6 is 0 Å². The molecule has 0 aliphatic carbocycles. The van der Waals surface area contributed by atoms with Gasteiger partial charge in [0.1, 0.15) is 23.0 Å². The standard InChI is InChI=1S/C18H22O5/c1-21-14-5-4-12(17(20)9-14)8-13(11-19)16-7-6-15(22-2)10-18(16)23-3/h4-7,9-10,13,19-20H,8,11H2,1-3H3. The van der Waals surface area contributed by atoms with Crippen LogP contribution in [0.3, 0.4) is 0 Å². The first kappa shape index (κ1) is 17.0. The highest BCUT2D eigenvalue weighted by Crippen LogP contribution is 2.34. The van der Waals surface area contributed by atoms with Crippen LogP contribution in [0.2, 0.25) is 0 Å². The zero-order valence-electron chi connectivity index (χ0n) is 13.6. The van der Waals surface area contributed by atoms with Crippen molar-refractivity contribution < 1.29 is 24.4 Å². The molecule has 0 saturated carbocycles. The Bertz CT molecular complexity index is 654. The number of methoxy groups -OCH3 is 3. The Balaban J connectivity index is 2.30. The van der Waals surface area contributed by atoms with Crippen molar-refractivity contribution >= 4 is 0 Å². The number of ether oxygens (including phenoxy) is 3. The number of aliphatic hydroxyl groups excluding tert-OH is 1. The molecule has 0 aliphatic heterocycles. The second-order valence-corrected chi connectivity index (χ2v) is 5.19. The highest BCUT2D eigenvalue weighted by molar-refractivity contribution is 5.45. The van der Waals surface area contributed by atoms with E-state index in [0.717, 1.165) is 11.1 Å². The Morgan fingerprint density at radius 1 is 0.913 bits per heavy atom. The molecule has 0 saturated heterocycles. The molecular weight excluding hydrogens is 296 g/mol. The summed E-state index contributed by atoms with van der Waals surface area (Å²) in [6.07, 6.45) is 0.481. The quantitative estimate of drug-likeness (QED) is 0.821. The van der Waals surface area contributed by atoms with Gasteiger partial charge in [0, 0.05) is 23.6 Å². The van der Waals surface area contributed by atoms with Gasteiger partial charge in [-0.15, -0.1) is 0 Å². The number of benzene rings is 2. The molecule has 0 spiro atoms. The number of phenols is 1. The SMILES string of the molecule is COc1ccc(CC(CO)c2ccc(OC)cc2OC)c(O)c1. The van der Waals surface area contributed by atoms with Crippen molar-refractivity contribution in [1.29, 1.82) is 0 Å². The van der Waals surface area contributed by atoms with Crippen LogP contribution in [0.15, 0.2) is 36.4 Å². The number of aliphatic hydroxyl groups is 1. The Hall–Kier alpha value is -2.40. The topological polar surface area (TPSA) is 68.2 Å². The number of hydrogen-bond acceptors (Lipinski definition) is 5. The molecule has 2 aromatic rings. The molecule has 0 bridgehead atoms. The zero-order chi connectivity index (χ0) is 16.8. The normalized spacial score (nSPS) is 11.8. The van der Waals surface area contributed by atoms with E-state index in [9.17, 15) is 10.2 Å². The van der Waals surface area contributed by atoms with Crippen LogP contribution < -0.4 is 14.2 Å². The second-order valence-electron chi connectivity index (χ2n) is 5.19. The predicted octanol–water partition coefficient (Wildman–Crippen LogP) is 2.74. The summed E-state index contributed by atoms with van der Waals surface area (Å²) in [4.78, 5) is 0. The summed E-state index contributed by atoms with van der Waals surface area (Å²) in [5, 5.41) is 19.9.